The van der Waals surface area contributed by atoms with Gasteiger partial charge in [-0.1, -0.05) is 20.8 Å². The maximum absolute atomic E-state index is 5.37. The summed E-state index contributed by atoms with van der Waals surface area (Å²) in [5, 5.41) is 0. The van der Waals surface area contributed by atoms with Gasteiger partial charge in [0.25, 0.3) is 4.80 Å². The van der Waals surface area contributed by atoms with E-state index in [2.05, 4.69) is 41.7 Å². The van der Waals surface area contributed by atoms with Crippen LogP contribution >= 0.6 is 15.9 Å². The van der Waals surface area contributed by atoms with Crippen LogP contribution in [0.4, 0.5) is 0 Å². The summed E-state index contributed by atoms with van der Waals surface area (Å²) in [4.78, 5) is 4.80. The summed E-state index contributed by atoms with van der Waals surface area (Å²) >= 11 is 3.21. The molecule has 0 saturated heterocycles. The van der Waals surface area contributed by atoms with Crippen LogP contribution < -0.4 is 0 Å². The van der Waals surface area contributed by atoms with Gasteiger partial charge in [-0.15, -0.1) is 0 Å². The van der Waals surface area contributed by atoms with Gasteiger partial charge in [-0.05, 0) is 6.42 Å². The first kappa shape index (κ1) is 8.78. The van der Waals surface area contributed by atoms with Gasteiger partial charge in [0.15, 0.2) is 0 Å². The molecule has 0 bridgehead atoms. The van der Waals surface area contributed by atoms with Gasteiger partial charge in [-0.3, -0.25) is 0 Å². The SMILES string of the molecule is CCc1nc(Br)oc1C(C)C. The zero-order chi connectivity index (χ0) is 8.43. The van der Waals surface area contributed by atoms with Crippen molar-refractivity contribution in [2.24, 2.45) is 0 Å². The van der Waals surface area contributed by atoms with E-state index in [0.717, 1.165) is 17.9 Å². The minimum Gasteiger partial charge on any atom is -0.436 e. The lowest BCUT2D eigenvalue weighted by molar-refractivity contribution is 0.458. The van der Waals surface area contributed by atoms with Gasteiger partial charge in [0.1, 0.15) is 5.76 Å². The second kappa shape index (κ2) is 3.39. The van der Waals surface area contributed by atoms with E-state index in [0.29, 0.717) is 10.7 Å². The van der Waals surface area contributed by atoms with Crippen molar-refractivity contribution in [2.45, 2.75) is 33.1 Å². The van der Waals surface area contributed by atoms with Crippen molar-refractivity contribution in [1.82, 2.24) is 4.98 Å². The zero-order valence-corrected chi connectivity index (χ0v) is 8.60. The van der Waals surface area contributed by atoms with Crippen LogP contribution in [0.3, 0.4) is 0 Å². The Morgan fingerprint density at radius 2 is 2.18 bits per heavy atom. The normalized spacial score (nSPS) is 11.0. The third-order valence-corrected chi connectivity index (χ3v) is 1.90. The number of hydrogen-bond acceptors (Lipinski definition) is 2. The first-order chi connectivity index (χ1) is 5.15. The van der Waals surface area contributed by atoms with E-state index in [9.17, 15) is 0 Å². The molecular weight excluding hydrogens is 206 g/mol. The summed E-state index contributed by atoms with van der Waals surface area (Å²) in [5.41, 5.74) is 1.06. The third-order valence-electron chi connectivity index (χ3n) is 1.56. The van der Waals surface area contributed by atoms with E-state index in [1.54, 1.807) is 0 Å². The zero-order valence-electron chi connectivity index (χ0n) is 7.02. The molecular formula is C8H12BrNO. The second-order valence-electron chi connectivity index (χ2n) is 2.79. The van der Waals surface area contributed by atoms with E-state index in [-0.39, 0.29) is 0 Å². The molecule has 0 saturated carbocycles. The van der Waals surface area contributed by atoms with Crippen LogP contribution in [0, 0.1) is 0 Å². The molecule has 1 aromatic heterocycles. The fourth-order valence-electron chi connectivity index (χ4n) is 1.04. The van der Waals surface area contributed by atoms with Gasteiger partial charge in [-0.25, -0.2) is 4.98 Å². The van der Waals surface area contributed by atoms with Gasteiger partial charge in [-0.2, -0.15) is 0 Å². The molecule has 0 radical (unpaired) electrons. The molecule has 0 aliphatic rings. The summed E-state index contributed by atoms with van der Waals surface area (Å²) < 4.78 is 5.37. The Bertz CT molecular complexity index is 242. The maximum Gasteiger partial charge on any atom is 0.264 e. The van der Waals surface area contributed by atoms with Crippen molar-refractivity contribution in [2.75, 3.05) is 0 Å². The van der Waals surface area contributed by atoms with Gasteiger partial charge in [0, 0.05) is 21.8 Å². The lowest BCUT2D eigenvalue weighted by atomic mass is 10.1. The van der Waals surface area contributed by atoms with E-state index in [4.69, 9.17) is 4.42 Å². The molecule has 0 N–H and O–H groups in total. The molecule has 3 heteroatoms. The summed E-state index contributed by atoms with van der Waals surface area (Å²) in [6, 6.07) is 0. The van der Waals surface area contributed by atoms with Crippen molar-refractivity contribution >= 4 is 15.9 Å². The molecule has 0 aromatic carbocycles. The number of rotatable bonds is 2. The average molecular weight is 218 g/mol. The maximum atomic E-state index is 5.37. The summed E-state index contributed by atoms with van der Waals surface area (Å²) in [7, 11) is 0. The molecule has 1 heterocycles. The highest BCUT2D eigenvalue weighted by Gasteiger charge is 2.12. The quantitative estimate of drug-likeness (QED) is 0.762. The first-order valence-corrected chi connectivity index (χ1v) is 4.59. The molecule has 62 valence electrons. The largest absolute Gasteiger partial charge is 0.436 e. The fourth-order valence-corrected chi connectivity index (χ4v) is 1.43. The van der Waals surface area contributed by atoms with E-state index in [1.165, 1.54) is 0 Å². The van der Waals surface area contributed by atoms with Crippen LogP contribution in [0.5, 0.6) is 0 Å². The number of aryl methyl sites for hydroxylation is 1. The predicted octanol–water partition coefficient (Wildman–Crippen LogP) is 3.12. The van der Waals surface area contributed by atoms with Crippen LogP contribution in [-0.4, -0.2) is 4.98 Å². The Morgan fingerprint density at radius 3 is 2.55 bits per heavy atom. The minimum absolute atomic E-state index is 0.420. The summed E-state index contributed by atoms with van der Waals surface area (Å²) in [6.07, 6.45) is 0.933. The van der Waals surface area contributed by atoms with Crippen LogP contribution in [0.1, 0.15) is 38.1 Å². The number of oxazole rings is 1. The molecule has 1 rings (SSSR count). The number of aromatic nitrogens is 1. The number of hydrogen-bond donors (Lipinski definition) is 0. The molecule has 0 aliphatic heterocycles. The smallest absolute Gasteiger partial charge is 0.264 e. The topological polar surface area (TPSA) is 26.0 Å². The average Bonchev–Trinajstić information content (AvgIpc) is 2.30. The third kappa shape index (κ3) is 1.83. The number of halogens is 1. The van der Waals surface area contributed by atoms with Crippen molar-refractivity contribution in [3.05, 3.63) is 16.3 Å². The highest BCUT2D eigenvalue weighted by molar-refractivity contribution is 9.10. The summed E-state index contributed by atoms with van der Waals surface area (Å²) in [6.45, 7) is 6.29. The van der Waals surface area contributed by atoms with E-state index >= 15 is 0 Å². The van der Waals surface area contributed by atoms with Crippen molar-refractivity contribution in [1.29, 1.82) is 0 Å². The van der Waals surface area contributed by atoms with Crippen LogP contribution in [0.25, 0.3) is 0 Å². The van der Waals surface area contributed by atoms with Crippen LogP contribution in [0.2, 0.25) is 0 Å². The fraction of sp³-hybridized carbons (Fsp3) is 0.625. The van der Waals surface area contributed by atoms with Crippen molar-refractivity contribution in [3.8, 4) is 0 Å². The van der Waals surface area contributed by atoms with Gasteiger partial charge in [0.05, 0.1) is 5.69 Å². The summed E-state index contributed by atoms with van der Waals surface area (Å²) in [5.74, 6) is 1.42. The molecule has 0 atom stereocenters. The molecule has 1 aromatic rings. The van der Waals surface area contributed by atoms with E-state index < -0.39 is 0 Å². The predicted molar refractivity (Wildman–Crippen MR) is 47.7 cm³/mol. The van der Waals surface area contributed by atoms with Crippen LogP contribution in [-0.2, 0) is 6.42 Å². The molecule has 0 unspecified atom stereocenters. The molecule has 0 aliphatic carbocycles. The minimum atomic E-state index is 0.420. The Kier molecular flexibility index (Phi) is 2.71. The Labute approximate surface area is 75.1 Å². The van der Waals surface area contributed by atoms with Gasteiger partial charge < -0.3 is 4.42 Å². The Morgan fingerprint density at radius 1 is 1.55 bits per heavy atom. The number of nitrogens with zero attached hydrogens (tertiary/aromatic N) is 1. The molecule has 0 fully saturated rings. The lowest BCUT2D eigenvalue weighted by Gasteiger charge is -1.99. The molecule has 0 spiro atoms. The van der Waals surface area contributed by atoms with Crippen LogP contribution in [0.15, 0.2) is 9.22 Å². The van der Waals surface area contributed by atoms with Crippen molar-refractivity contribution < 1.29 is 4.42 Å². The highest BCUT2D eigenvalue weighted by atomic mass is 79.9. The first-order valence-electron chi connectivity index (χ1n) is 3.80. The lowest BCUT2D eigenvalue weighted by Crippen LogP contribution is -1.90. The molecule has 11 heavy (non-hydrogen) atoms. The molecule has 2 nitrogen and oxygen atoms in total. The Balaban J connectivity index is 3.02. The monoisotopic (exact) mass is 217 g/mol. The highest BCUT2D eigenvalue weighted by Crippen LogP contribution is 2.23. The van der Waals surface area contributed by atoms with E-state index in [1.807, 2.05) is 0 Å². The standard InChI is InChI=1S/C8H12BrNO/c1-4-6-7(5(2)3)11-8(9)10-6/h5H,4H2,1-3H3. The molecule has 0 amide bonds. The van der Waals surface area contributed by atoms with Gasteiger partial charge in [0.2, 0.25) is 0 Å². The second-order valence-corrected chi connectivity index (χ2v) is 3.46. The van der Waals surface area contributed by atoms with Gasteiger partial charge >= 0.3 is 0 Å². The Hall–Kier alpha value is -0.310. The van der Waals surface area contributed by atoms with Crippen molar-refractivity contribution in [3.63, 3.8) is 0 Å².